The molecule has 0 aliphatic rings. The van der Waals surface area contributed by atoms with Crippen LogP contribution in [-0.4, -0.2) is 26.9 Å². The zero-order valence-electron chi connectivity index (χ0n) is 17.0. The molecule has 0 saturated heterocycles. The summed E-state index contributed by atoms with van der Waals surface area (Å²) in [6.07, 6.45) is 1.87. The number of carbonyl (C=O) groups is 1. The predicted molar refractivity (Wildman–Crippen MR) is 113 cm³/mol. The van der Waals surface area contributed by atoms with Crippen LogP contribution < -0.4 is 0 Å². The first-order chi connectivity index (χ1) is 13.4. The molecule has 0 N–H and O–H groups in total. The maximum absolute atomic E-state index is 13.7. The second-order valence-electron chi connectivity index (χ2n) is 7.51. The van der Waals surface area contributed by atoms with Crippen LogP contribution >= 0.6 is 11.3 Å². The fraction of sp³-hybridized carbons (Fsp3) is 0.455. The average molecular weight is 402 g/mol. The van der Waals surface area contributed by atoms with E-state index in [4.69, 9.17) is 0 Å². The number of hydrogen-bond donors (Lipinski definition) is 0. The number of nitrogens with zero attached hydrogens (tertiary/aromatic N) is 3. The van der Waals surface area contributed by atoms with Crippen molar-refractivity contribution in [1.29, 1.82) is 0 Å². The van der Waals surface area contributed by atoms with Gasteiger partial charge in [-0.1, -0.05) is 27.7 Å². The lowest BCUT2D eigenvalue weighted by atomic mass is 10.2. The number of fused-ring (bicyclic) bond motifs is 1. The van der Waals surface area contributed by atoms with Gasteiger partial charge in [-0.3, -0.25) is 4.79 Å². The summed E-state index contributed by atoms with van der Waals surface area (Å²) >= 11 is 1.56. The molecule has 0 atom stereocenters. The molecule has 28 heavy (non-hydrogen) atoms. The Morgan fingerprint density at radius 1 is 1.25 bits per heavy atom. The van der Waals surface area contributed by atoms with E-state index in [-0.39, 0.29) is 11.7 Å². The lowest BCUT2D eigenvalue weighted by Gasteiger charge is -2.24. The van der Waals surface area contributed by atoms with E-state index in [2.05, 4.69) is 37.2 Å². The molecule has 6 heteroatoms. The third-order valence-corrected chi connectivity index (χ3v) is 5.88. The quantitative estimate of drug-likeness (QED) is 0.499. The van der Waals surface area contributed by atoms with Crippen LogP contribution in [0.5, 0.6) is 0 Å². The summed E-state index contributed by atoms with van der Waals surface area (Å²) in [4.78, 5) is 21.7. The fourth-order valence-electron chi connectivity index (χ4n) is 3.42. The Kier molecular flexibility index (Phi) is 6.50. The summed E-state index contributed by atoms with van der Waals surface area (Å²) in [6.45, 7) is 10.3. The molecule has 0 saturated carbocycles. The topological polar surface area (TPSA) is 38.1 Å². The number of amides is 1. The highest BCUT2D eigenvalue weighted by Crippen LogP contribution is 2.23. The molecule has 4 nitrogen and oxygen atoms in total. The SMILES string of the molecule is CCCn1c(CN(CC(C)C)C(=O)c2ccc(CC)s2)nc2cc(F)ccc21. The van der Waals surface area contributed by atoms with Gasteiger partial charge in [0.25, 0.3) is 5.91 Å². The minimum absolute atomic E-state index is 0.0414. The Bertz CT molecular complexity index is 960. The van der Waals surface area contributed by atoms with Crippen molar-refractivity contribution in [3.8, 4) is 0 Å². The van der Waals surface area contributed by atoms with Crippen LogP contribution in [0.15, 0.2) is 30.3 Å². The van der Waals surface area contributed by atoms with E-state index >= 15 is 0 Å². The van der Waals surface area contributed by atoms with Crippen LogP contribution in [0, 0.1) is 11.7 Å². The lowest BCUT2D eigenvalue weighted by molar-refractivity contribution is 0.0721. The lowest BCUT2D eigenvalue weighted by Crippen LogP contribution is -2.34. The van der Waals surface area contributed by atoms with E-state index in [1.165, 1.54) is 17.0 Å². The molecule has 3 aromatic rings. The second-order valence-corrected chi connectivity index (χ2v) is 8.68. The molecule has 0 unspecified atom stereocenters. The first-order valence-corrected chi connectivity index (χ1v) is 10.8. The smallest absolute Gasteiger partial charge is 0.264 e. The predicted octanol–water partition coefficient (Wildman–Crippen LogP) is 5.51. The van der Waals surface area contributed by atoms with Gasteiger partial charge in [0.1, 0.15) is 11.6 Å². The van der Waals surface area contributed by atoms with Crippen molar-refractivity contribution in [2.75, 3.05) is 6.54 Å². The van der Waals surface area contributed by atoms with Gasteiger partial charge in [0.05, 0.1) is 22.5 Å². The number of thiophene rings is 1. The molecular formula is C22H28FN3OS. The zero-order chi connectivity index (χ0) is 20.3. The first kappa shape index (κ1) is 20.5. The van der Waals surface area contributed by atoms with Crippen molar-refractivity contribution >= 4 is 28.3 Å². The number of imidazole rings is 1. The van der Waals surface area contributed by atoms with Crippen LogP contribution in [0.4, 0.5) is 4.39 Å². The fourth-order valence-corrected chi connectivity index (χ4v) is 4.33. The molecule has 0 spiro atoms. The minimum Gasteiger partial charge on any atom is -0.330 e. The zero-order valence-corrected chi connectivity index (χ0v) is 17.9. The highest BCUT2D eigenvalue weighted by atomic mass is 32.1. The van der Waals surface area contributed by atoms with Gasteiger partial charge in [-0.05, 0) is 43.0 Å². The molecule has 0 bridgehead atoms. The molecule has 0 radical (unpaired) electrons. The number of carbonyl (C=O) groups excluding carboxylic acids is 1. The third kappa shape index (κ3) is 4.43. The molecule has 150 valence electrons. The number of hydrogen-bond acceptors (Lipinski definition) is 3. The van der Waals surface area contributed by atoms with Gasteiger partial charge >= 0.3 is 0 Å². The van der Waals surface area contributed by atoms with Gasteiger partial charge in [0.2, 0.25) is 0 Å². The number of rotatable bonds is 8. The van der Waals surface area contributed by atoms with Crippen molar-refractivity contribution in [2.45, 2.75) is 53.6 Å². The Hall–Kier alpha value is -2.21. The molecule has 1 aromatic carbocycles. The van der Waals surface area contributed by atoms with Crippen molar-refractivity contribution < 1.29 is 9.18 Å². The molecule has 2 aromatic heterocycles. The molecule has 1 amide bonds. The van der Waals surface area contributed by atoms with Gasteiger partial charge in [-0.15, -0.1) is 11.3 Å². The van der Waals surface area contributed by atoms with Crippen LogP contribution in [0.2, 0.25) is 0 Å². The average Bonchev–Trinajstić information content (AvgIpc) is 3.25. The Morgan fingerprint density at radius 2 is 2.04 bits per heavy atom. The standard InChI is InChI=1S/C22H28FN3OS/c1-5-11-26-19-9-7-16(23)12-18(19)24-21(26)14-25(13-15(3)4)22(27)20-10-8-17(6-2)28-20/h7-10,12,15H,5-6,11,13-14H2,1-4H3. The summed E-state index contributed by atoms with van der Waals surface area (Å²) in [6, 6.07) is 8.66. The van der Waals surface area contributed by atoms with E-state index in [9.17, 15) is 9.18 Å². The van der Waals surface area contributed by atoms with Crippen molar-refractivity contribution in [3.05, 3.63) is 51.7 Å². The maximum Gasteiger partial charge on any atom is 0.264 e. The van der Waals surface area contributed by atoms with Crippen LogP contribution in [-0.2, 0) is 19.5 Å². The number of aromatic nitrogens is 2. The van der Waals surface area contributed by atoms with Gasteiger partial charge in [0.15, 0.2) is 0 Å². The molecule has 3 rings (SSSR count). The summed E-state index contributed by atoms with van der Waals surface area (Å²) in [5.41, 5.74) is 1.56. The van der Waals surface area contributed by atoms with Crippen LogP contribution in [0.1, 0.15) is 54.5 Å². The van der Waals surface area contributed by atoms with Crippen molar-refractivity contribution in [1.82, 2.24) is 14.5 Å². The molecule has 2 heterocycles. The van der Waals surface area contributed by atoms with Gasteiger partial charge in [-0.2, -0.15) is 0 Å². The highest BCUT2D eigenvalue weighted by Gasteiger charge is 2.22. The molecule has 0 fully saturated rings. The van der Waals surface area contributed by atoms with E-state index in [1.54, 1.807) is 17.4 Å². The third-order valence-electron chi connectivity index (χ3n) is 4.66. The first-order valence-electron chi connectivity index (χ1n) is 9.95. The second kappa shape index (κ2) is 8.86. The Labute approximate surface area is 170 Å². The summed E-state index contributed by atoms with van der Waals surface area (Å²) < 4.78 is 15.8. The largest absolute Gasteiger partial charge is 0.330 e. The van der Waals surface area contributed by atoms with Gasteiger partial charge in [0, 0.05) is 24.0 Å². The van der Waals surface area contributed by atoms with E-state index in [0.29, 0.717) is 24.5 Å². The monoisotopic (exact) mass is 401 g/mol. The number of aryl methyl sites for hydroxylation is 2. The molecule has 0 aliphatic carbocycles. The summed E-state index contributed by atoms with van der Waals surface area (Å²) in [5.74, 6) is 0.903. The Morgan fingerprint density at radius 3 is 2.68 bits per heavy atom. The highest BCUT2D eigenvalue weighted by molar-refractivity contribution is 7.14. The van der Waals surface area contributed by atoms with E-state index in [1.807, 2.05) is 17.0 Å². The van der Waals surface area contributed by atoms with Gasteiger partial charge in [-0.25, -0.2) is 9.37 Å². The Balaban J connectivity index is 1.96. The summed E-state index contributed by atoms with van der Waals surface area (Å²) in [7, 11) is 0. The van der Waals surface area contributed by atoms with Gasteiger partial charge < -0.3 is 9.47 Å². The summed E-state index contributed by atoms with van der Waals surface area (Å²) in [5, 5.41) is 0. The number of halogens is 1. The minimum atomic E-state index is -0.291. The van der Waals surface area contributed by atoms with Crippen molar-refractivity contribution in [3.63, 3.8) is 0 Å². The van der Waals surface area contributed by atoms with E-state index < -0.39 is 0 Å². The molecule has 0 aliphatic heterocycles. The van der Waals surface area contributed by atoms with Crippen molar-refractivity contribution in [2.24, 2.45) is 5.92 Å². The number of benzene rings is 1. The normalized spacial score (nSPS) is 11.5. The van der Waals surface area contributed by atoms with E-state index in [0.717, 1.165) is 35.6 Å². The maximum atomic E-state index is 13.7. The molecular weight excluding hydrogens is 373 g/mol. The van der Waals surface area contributed by atoms with Crippen LogP contribution in [0.25, 0.3) is 11.0 Å². The van der Waals surface area contributed by atoms with Crippen LogP contribution in [0.3, 0.4) is 0 Å².